The van der Waals surface area contributed by atoms with Gasteiger partial charge in [0.2, 0.25) is 0 Å². The highest BCUT2D eigenvalue weighted by Crippen LogP contribution is 2.09. The summed E-state index contributed by atoms with van der Waals surface area (Å²) in [6.07, 6.45) is -0.729. The highest BCUT2D eigenvalue weighted by molar-refractivity contribution is 5.98. The molecule has 0 N–H and O–H groups in total. The Kier molecular flexibility index (Phi) is 6.22. The molecule has 7 heteroatoms. The first-order valence-electron chi connectivity index (χ1n) is 7.38. The number of rotatable bonds is 6. The van der Waals surface area contributed by atoms with Gasteiger partial charge in [-0.2, -0.15) is 0 Å². The van der Waals surface area contributed by atoms with Crippen molar-refractivity contribution in [2.24, 2.45) is 0 Å². The Morgan fingerprint density at radius 2 is 1.64 bits per heavy atom. The van der Waals surface area contributed by atoms with Gasteiger partial charge in [0.25, 0.3) is 0 Å². The molecule has 0 aliphatic heterocycles. The molecule has 2 rings (SSSR count). The van der Waals surface area contributed by atoms with Crippen molar-refractivity contribution >= 4 is 17.8 Å². The van der Waals surface area contributed by atoms with Crippen LogP contribution in [-0.2, 0) is 9.53 Å². The summed E-state index contributed by atoms with van der Waals surface area (Å²) >= 11 is 0. The maximum absolute atomic E-state index is 12.8. The zero-order valence-corrected chi connectivity index (χ0v) is 13.5. The minimum absolute atomic E-state index is 0.228. The van der Waals surface area contributed by atoms with E-state index in [0.717, 1.165) is 17.0 Å². The molecule has 0 unspecified atom stereocenters. The number of benzene rings is 2. The van der Waals surface area contributed by atoms with Gasteiger partial charge in [0, 0.05) is 12.6 Å². The van der Waals surface area contributed by atoms with Gasteiger partial charge in [-0.1, -0.05) is 18.2 Å². The molecule has 130 valence electrons. The van der Waals surface area contributed by atoms with Crippen molar-refractivity contribution in [2.45, 2.75) is 0 Å². The predicted molar refractivity (Wildman–Crippen MR) is 86.8 cm³/mol. The lowest BCUT2D eigenvalue weighted by molar-refractivity contribution is -0.143. The maximum atomic E-state index is 12.8. The number of para-hydroxylation sites is 1. The fraction of sp³-hybridized carbons (Fsp3) is 0.167. The second-order valence-electron chi connectivity index (χ2n) is 5.13. The number of hydrogen-bond donors (Lipinski definition) is 0. The molecule has 0 aliphatic carbocycles. The Bertz CT molecular complexity index is 746. The fourth-order valence-electron chi connectivity index (χ4n) is 1.84. The van der Waals surface area contributed by atoms with Crippen molar-refractivity contribution < 1.29 is 28.2 Å². The van der Waals surface area contributed by atoms with Crippen molar-refractivity contribution in [3.63, 3.8) is 0 Å². The van der Waals surface area contributed by atoms with Crippen LogP contribution in [0.4, 0.5) is 9.18 Å². The molecule has 1 amide bonds. The average molecular weight is 345 g/mol. The van der Waals surface area contributed by atoms with E-state index in [1.807, 2.05) is 0 Å². The number of carbonyl (C=O) groups is 3. The summed E-state index contributed by atoms with van der Waals surface area (Å²) in [6, 6.07) is 13.3. The van der Waals surface area contributed by atoms with E-state index in [-0.39, 0.29) is 12.1 Å². The second-order valence-corrected chi connectivity index (χ2v) is 5.13. The zero-order chi connectivity index (χ0) is 18.2. The van der Waals surface area contributed by atoms with Crippen LogP contribution in [0.2, 0.25) is 0 Å². The summed E-state index contributed by atoms with van der Waals surface area (Å²) in [5.41, 5.74) is 0.228. The van der Waals surface area contributed by atoms with Crippen LogP contribution in [0, 0.1) is 5.82 Å². The number of halogens is 1. The molecule has 0 saturated carbocycles. The molecule has 0 atom stereocenters. The van der Waals surface area contributed by atoms with Crippen LogP contribution < -0.4 is 4.74 Å². The lowest BCUT2D eigenvalue weighted by atomic mass is 10.1. The molecule has 25 heavy (non-hydrogen) atoms. The Morgan fingerprint density at radius 3 is 2.28 bits per heavy atom. The standard InChI is InChI=1S/C18H16FNO5/c1-20(18(23)25-15-5-3-2-4-6-15)11-17(22)24-12-16(21)13-7-9-14(19)10-8-13/h2-10H,11-12H2,1H3. The Balaban J connectivity index is 1.78. The van der Waals surface area contributed by atoms with Crippen molar-refractivity contribution in [3.8, 4) is 5.75 Å². The molecule has 2 aromatic carbocycles. The van der Waals surface area contributed by atoms with E-state index in [2.05, 4.69) is 0 Å². The van der Waals surface area contributed by atoms with Gasteiger partial charge in [0.15, 0.2) is 12.4 Å². The van der Waals surface area contributed by atoms with E-state index in [4.69, 9.17) is 9.47 Å². The monoisotopic (exact) mass is 345 g/mol. The molecule has 6 nitrogen and oxygen atoms in total. The van der Waals surface area contributed by atoms with Gasteiger partial charge in [-0.15, -0.1) is 0 Å². The van der Waals surface area contributed by atoms with E-state index in [1.165, 1.54) is 19.2 Å². The van der Waals surface area contributed by atoms with E-state index < -0.39 is 30.3 Å². The predicted octanol–water partition coefficient (Wildman–Crippen LogP) is 2.68. The van der Waals surface area contributed by atoms with Crippen molar-refractivity contribution in [1.82, 2.24) is 4.90 Å². The second kappa shape index (κ2) is 8.58. The first-order chi connectivity index (χ1) is 12.0. The first-order valence-corrected chi connectivity index (χ1v) is 7.38. The number of carbonyl (C=O) groups excluding carboxylic acids is 3. The molecule has 0 saturated heterocycles. The van der Waals surface area contributed by atoms with Gasteiger partial charge in [-0.05, 0) is 36.4 Å². The molecule has 0 aromatic heterocycles. The normalized spacial score (nSPS) is 10.0. The van der Waals surface area contributed by atoms with E-state index in [9.17, 15) is 18.8 Å². The van der Waals surface area contributed by atoms with Crippen LogP contribution >= 0.6 is 0 Å². The summed E-state index contributed by atoms with van der Waals surface area (Å²) in [6.45, 7) is -0.867. The summed E-state index contributed by atoms with van der Waals surface area (Å²) in [5.74, 6) is -1.35. The minimum atomic E-state index is -0.761. The quantitative estimate of drug-likeness (QED) is 0.594. The van der Waals surface area contributed by atoms with Crippen molar-refractivity contribution in [3.05, 3.63) is 66.0 Å². The smallest absolute Gasteiger partial charge is 0.415 e. The van der Waals surface area contributed by atoms with Crippen molar-refractivity contribution in [1.29, 1.82) is 0 Å². The number of ether oxygens (including phenoxy) is 2. The molecular weight excluding hydrogens is 329 g/mol. The number of esters is 1. The van der Waals surface area contributed by atoms with E-state index in [1.54, 1.807) is 30.3 Å². The molecule has 0 aliphatic rings. The zero-order valence-electron chi connectivity index (χ0n) is 13.5. The third-order valence-electron chi connectivity index (χ3n) is 3.16. The summed E-state index contributed by atoms with van der Waals surface area (Å²) in [7, 11) is 1.37. The van der Waals surface area contributed by atoms with Crippen molar-refractivity contribution in [2.75, 3.05) is 20.2 Å². The SMILES string of the molecule is CN(CC(=O)OCC(=O)c1ccc(F)cc1)C(=O)Oc1ccccc1. The number of Topliss-reactive ketones (excluding diaryl/α,β-unsaturated/α-hetero) is 1. The highest BCUT2D eigenvalue weighted by Gasteiger charge is 2.17. The van der Waals surface area contributed by atoms with Crippen LogP contribution in [-0.4, -0.2) is 42.9 Å². The maximum Gasteiger partial charge on any atom is 0.415 e. The molecule has 2 aromatic rings. The Morgan fingerprint density at radius 1 is 1.00 bits per heavy atom. The van der Waals surface area contributed by atoms with Gasteiger partial charge >= 0.3 is 12.1 Å². The van der Waals surface area contributed by atoms with Crippen LogP contribution in [0.5, 0.6) is 5.75 Å². The lowest BCUT2D eigenvalue weighted by Crippen LogP contribution is -2.35. The minimum Gasteiger partial charge on any atom is -0.456 e. The summed E-state index contributed by atoms with van der Waals surface area (Å²) in [4.78, 5) is 36.4. The number of likely N-dealkylation sites (N-methyl/N-ethyl adjacent to an activating group) is 1. The fourth-order valence-corrected chi connectivity index (χ4v) is 1.84. The van der Waals surface area contributed by atoms with Crippen LogP contribution in [0.25, 0.3) is 0 Å². The number of ketones is 1. The van der Waals surface area contributed by atoms with Crippen LogP contribution in [0.1, 0.15) is 10.4 Å². The third kappa shape index (κ3) is 5.72. The summed E-state index contributed by atoms with van der Waals surface area (Å²) < 4.78 is 22.7. The van der Waals surface area contributed by atoms with Gasteiger partial charge < -0.3 is 9.47 Å². The summed E-state index contributed by atoms with van der Waals surface area (Å²) in [5, 5.41) is 0. The van der Waals surface area contributed by atoms with Gasteiger partial charge in [-0.3, -0.25) is 14.5 Å². The third-order valence-corrected chi connectivity index (χ3v) is 3.16. The molecule has 0 bridgehead atoms. The van der Waals surface area contributed by atoms with Gasteiger partial charge in [0.1, 0.15) is 18.1 Å². The molecule has 0 radical (unpaired) electrons. The van der Waals surface area contributed by atoms with E-state index >= 15 is 0 Å². The van der Waals surface area contributed by atoms with Crippen LogP contribution in [0.3, 0.4) is 0 Å². The van der Waals surface area contributed by atoms with E-state index in [0.29, 0.717) is 5.75 Å². The topological polar surface area (TPSA) is 72.9 Å². The highest BCUT2D eigenvalue weighted by atomic mass is 19.1. The first kappa shape index (κ1) is 18.1. The Labute approximate surface area is 143 Å². The molecular formula is C18H16FNO5. The van der Waals surface area contributed by atoms with Crippen LogP contribution in [0.15, 0.2) is 54.6 Å². The largest absolute Gasteiger partial charge is 0.456 e. The average Bonchev–Trinajstić information content (AvgIpc) is 2.61. The molecule has 0 spiro atoms. The number of nitrogens with zero attached hydrogens (tertiary/aromatic N) is 1. The molecule has 0 heterocycles. The number of hydrogen-bond acceptors (Lipinski definition) is 5. The lowest BCUT2D eigenvalue weighted by Gasteiger charge is -2.15. The van der Waals surface area contributed by atoms with Gasteiger partial charge in [-0.25, -0.2) is 9.18 Å². The number of amides is 1. The molecule has 0 fully saturated rings. The van der Waals surface area contributed by atoms with Gasteiger partial charge in [0.05, 0.1) is 0 Å². The Hall–Kier alpha value is -3.22.